The third kappa shape index (κ3) is 3.41. The van der Waals surface area contributed by atoms with Crippen LogP contribution in [-0.4, -0.2) is 34.5 Å². The largest absolute Gasteiger partial charge is 0.480 e. The summed E-state index contributed by atoms with van der Waals surface area (Å²) in [4.78, 5) is 38.1. The highest BCUT2D eigenvalue weighted by molar-refractivity contribution is 5.96. The SMILES string of the molecule is Cc1coc2cc3oc(=O)c(CCC(=O)N4CCCC[C@@H]4C(=O)O)c(C)c3cc12. The summed E-state index contributed by atoms with van der Waals surface area (Å²) in [5, 5.41) is 11.1. The molecule has 0 radical (unpaired) electrons. The van der Waals surface area contributed by atoms with Crippen molar-refractivity contribution in [3.05, 3.63) is 45.5 Å². The number of carbonyl (C=O) groups excluding carboxylic acids is 1. The normalized spacial score (nSPS) is 17.2. The lowest BCUT2D eigenvalue weighted by Crippen LogP contribution is -2.48. The van der Waals surface area contributed by atoms with Crippen molar-refractivity contribution in [2.45, 2.75) is 52.0 Å². The minimum atomic E-state index is -0.973. The number of carbonyl (C=O) groups is 2. The molecule has 7 heteroatoms. The van der Waals surface area contributed by atoms with Gasteiger partial charge in [-0.1, -0.05) is 0 Å². The van der Waals surface area contributed by atoms with E-state index < -0.39 is 17.6 Å². The average Bonchev–Trinajstić information content (AvgIpc) is 3.06. The first-order chi connectivity index (χ1) is 13.9. The van der Waals surface area contributed by atoms with E-state index >= 15 is 0 Å². The number of amides is 1. The molecule has 0 bridgehead atoms. The van der Waals surface area contributed by atoms with Crippen molar-refractivity contribution in [1.29, 1.82) is 0 Å². The smallest absolute Gasteiger partial charge is 0.339 e. The number of nitrogens with zero attached hydrogens (tertiary/aromatic N) is 1. The molecule has 2 aromatic heterocycles. The summed E-state index contributed by atoms with van der Waals surface area (Å²) in [5.74, 6) is -1.21. The number of rotatable bonds is 4. The highest BCUT2D eigenvalue weighted by Crippen LogP contribution is 2.29. The van der Waals surface area contributed by atoms with Gasteiger partial charge in [0, 0.05) is 35.4 Å². The summed E-state index contributed by atoms with van der Waals surface area (Å²) in [7, 11) is 0. The molecule has 0 unspecified atom stereocenters. The second kappa shape index (κ2) is 7.39. The summed E-state index contributed by atoms with van der Waals surface area (Å²) >= 11 is 0. The van der Waals surface area contributed by atoms with E-state index in [1.807, 2.05) is 19.9 Å². The highest BCUT2D eigenvalue weighted by Gasteiger charge is 2.31. The van der Waals surface area contributed by atoms with Crippen molar-refractivity contribution >= 4 is 33.8 Å². The van der Waals surface area contributed by atoms with Crippen molar-refractivity contribution in [3.8, 4) is 0 Å². The lowest BCUT2D eigenvalue weighted by molar-refractivity contribution is -0.152. The van der Waals surface area contributed by atoms with Gasteiger partial charge in [0.25, 0.3) is 0 Å². The number of hydrogen-bond acceptors (Lipinski definition) is 5. The molecule has 3 heterocycles. The molecule has 1 N–H and O–H groups in total. The van der Waals surface area contributed by atoms with Gasteiger partial charge in [-0.05, 0) is 56.7 Å². The molecule has 1 atom stereocenters. The summed E-state index contributed by atoms with van der Waals surface area (Å²) < 4.78 is 11.0. The van der Waals surface area contributed by atoms with Crippen LogP contribution >= 0.6 is 0 Å². The molecule has 0 aliphatic carbocycles. The molecule has 1 fully saturated rings. The number of hydrogen-bond donors (Lipinski definition) is 1. The van der Waals surface area contributed by atoms with E-state index in [4.69, 9.17) is 8.83 Å². The Morgan fingerprint density at radius 1 is 1.17 bits per heavy atom. The standard InChI is InChI=1S/C22H23NO6/c1-12-11-28-18-10-19-16(9-15(12)18)13(2)14(22(27)29-19)6-7-20(24)23-8-4-3-5-17(23)21(25)26/h9-11,17H,3-8H2,1-2H3,(H,25,26)/t17-/m1/s1. The Hall–Kier alpha value is -3.09. The molecular formula is C22H23NO6. The molecule has 7 nitrogen and oxygen atoms in total. The Balaban J connectivity index is 1.63. The molecule has 1 saturated heterocycles. The van der Waals surface area contributed by atoms with Crippen LogP contribution in [0, 0.1) is 13.8 Å². The zero-order chi connectivity index (χ0) is 20.7. The van der Waals surface area contributed by atoms with Crippen molar-refractivity contribution in [3.63, 3.8) is 0 Å². The molecule has 4 rings (SSSR count). The maximum atomic E-state index is 12.7. The average molecular weight is 397 g/mol. The Labute approximate surface area is 166 Å². The van der Waals surface area contributed by atoms with Gasteiger partial charge in [0.2, 0.25) is 5.91 Å². The Kier molecular flexibility index (Phi) is 4.90. The van der Waals surface area contributed by atoms with Crippen LogP contribution in [0.15, 0.2) is 32.0 Å². The van der Waals surface area contributed by atoms with E-state index in [9.17, 15) is 19.5 Å². The van der Waals surface area contributed by atoms with Gasteiger partial charge in [-0.25, -0.2) is 9.59 Å². The first-order valence-corrected chi connectivity index (χ1v) is 9.83. The highest BCUT2D eigenvalue weighted by atomic mass is 16.4. The number of benzene rings is 1. The Morgan fingerprint density at radius 2 is 1.97 bits per heavy atom. The van der Waals surface area contributed by atoms with Crippen LogP contribution in [0.1, 0.15) is 42.4 Å². The maximum absolute atomic E-state index is 12.7. The first kappa shape index (κ1) is 19.2. The van der Waals surface area contributed by atoms with Crippen LogP contribution < -0.4 is 5.63 Å². The summed E-state index contributed by atoms with van der Waals surface area (Å²) in [5.41, 5.74) is 2.86. The van der Waals surface area contributed by atoms with E-state index in [0.717, 1.165) is 34.7 Å². The van der Waals surface area contributed by atoms with Crippen molar-refractivity contribution in [2.75, 3.05) is 6.54 Å². The number of carboxylic acid groups (broad SMARTS) is 1. The predicted molar refractivity (Wildman–Crippen MR) is 107 cm³/mol. The lowest BCUT2D eigenvalue weighted by Gasteiger charge is -2.33. The van der Waals surface area contributed by atoms with Gasteiger partial charge in [0.05, 0.1) is 6.26 Å². The van der Waals surface area contributed by atoms with Crippen molar-refractivity contribution in [1.82, 2.24) is 4.90 Å². The number of furan rings is 1. The zero-order valence-electron chi connectivity index (χ0n) is 16.5. The predicted octanol–water partition coefficient (Wildman–Crippen LogP) is 3.55. The van der Waals surface area contributed by atoms with Gasteiger partial charge in [-0.15, -0.1) is 0 Å². The number of carboxylic acids is 1. The number of fused-ring (bicyclic) bond motifs is 2. The van der Waals surface area contributed by atoms with E-state index in [1.165, 1.54) is 4.90 Å². The first-order valence-electron chi connectivity index (χ1n) is 9.83. The van der Waals surface area contributed by atoms with Gasteiger partial charge in [-0.3, -0.25) is 4.79 Å². The van der Waals surface area contributed by atoms with Crippen LogP contribution in [0.3, 0.4) is 0 Å². The van der Waals surface area contributed by atoms with Crippen molar-refractivity contribution in [2.24, 2.45) is 0 Å². The fourth-order valence-electron chi connectivity index (χ4n) is 4.19. The van der Waals surface area contributed by atoms with Crippen LogP contribution in [0.25, 0.3) is 21.9 Å². The third-order valence-corrected chi connectivity index (χ3v) is 5.87. The second-order valence-corrected chi connectivity index (χ2v) is 7.69. The number of aliphatic carboxylic acids is 1. The van der Waals surface area contributed by atoms with Crippen LogP contribution in [-0.2, 0) is 16.0 Å². The van der Waals surface area contributed by atoms with E-state index in [2.05, 4.69) is 0 Å². The Morgan fingerprint density at radius 3 is 2.72 bits per heavy atom. The molecule has 0 saturated carbocycles. The molecule has 1 aliphatic heterocycles. The van der Waals surface area contributed by atoms with E-state index in [-0.39, 0.29) is 18.7 Å². The molecular weight excluding hydrogens is 374 g/mol. The zero-order valence-corrected chi connectivity index (χ0v) is 16.5. The van der Waals surface area contributed by atoms with Gasteiger partial charge in [-0.2, -0.15) is 0 Å². The monoisotopic (exact) mass is 397 g/mol. The van der Waals surface area contributed by atoms with Crippen LogP contribution in [0.2, 0.25) is 0 Å². The number of aryl methyl sites for hydroxylation is 2. The molecule has 152 valence electrons. The molecule has 1 amide bonds. The van der Waals surface area contributed by atoms with Gasteiger partial charge < -0.3 is 18.8 Å². The number of piperidine rings is 1. The third-order valence-electron chi connectivity index (χ3n) is 5.87. The fourth-order valence-corrected chi connectivity index (χ4v) is 4.19. The van der Waals surface area contributed by atoms with Gasteiger partial charge >= 0.3 is 11.6 Å². The molecule has 1 aromatic carbocycles. The summed E-state index contributed by atoms with van der Waals surface area (Å²) in [6.07, 6.45) is 4.02. The Bertz CT molecular complexity index is 1170. The quantitative estimate of drug-likeness (QED) is 0.676. The molecule has 29 heavy (non-hydrogen) atoms. The minimum absolute atomic E-state index is 0.0773. The second-order valence-electron chi connectivity index (χ2n) is 7.69. The summed E-state index contributed by atoms with van der Waals surface area (Å²) in [6, 6.07) is 2.88. The molecule has 1 aliphatic rings. The van der Waals surface area contributed by atoms with Crippen molar-refractivity contribution < 1.29 is 23.5 Å². The topological polar surface area (TPSA) is 101 Å². The van der Waals surface area contributed by atoms with E-state index in [1.54, 1.807) is 12.3 Å². The minimum Gasteiger partial charge on any atom is -0.480 e. The van der Waals surface area contributed by atoms with Gasteiger partial charge in [0.15, 0.2) is 0 Å². The summed E-state index contributed by atoms with van der Waals surface area (Å²) in [6.45, 7) is 4.24. The van der Waals surface area contributed by atoms with E-state index in [0.29, 0.717) is 29.7 Å². The fraction of sp³-hybridized carbons (Fsp3) is 0.409. The van der Waals surface area contributed by atoms with Crippen LogP contribution in [0.5, 0.6) is 0 Å². The number of likely N-dealkylation sites (tertiary alicyclic amines) is 1. The van der Waals surface area contributed by atoms with Gasteiger partial charge in [0.1, 0.15) is 17.2 Å². The molecule has 0 spiro atoms. The maximum Gasteiger partial charge on any atom is 0.339 e. The van der Waals surface area contributed by atoms with Crippen LogP contribution in [0.4, 0.5) is 0 Å². The lowest BCUT2D eigenvalue weighted by atomic mass is 9.98. The molecule has 3 aromatic rings.